The monoisotopic (exact) mass is 295 g/mol. The van der Waals surface area contributed by atoms with Gasteiger partial charge >= 0.3 is 0 Å². The molecule has 1 aromatic rings. The number of carbonyl (C=O) groups is 1. The lowest BCUT2D eigenvalue weighted by atomic mass is 9.92. The highest BCUT2D eigenvalue weighted by molar-refractivity contribution is 7.13. The van der Waals surface area contributed by atoms with Crippen LogP contribution in [0.4, 0.5) is 0 Å². The van der Waals surface area contributed by atoms with Crippen molar-refractivity contribution in [3.8, 4) is 0 Å². The molecule has 2 unspecified atom stereocenters. The first kappa shape index (κ1) is 14.0. The van der Waals surface area contributed by atoms with E-state index in [2.05, 4.69) is 22.2 Å². The predicted molar refractivity (Wildman–Crippen MR) is 77.9 cm³/mol. The van der Waals surface area contributed by atoms with E-state index in [0.29, 0.717) is 5.01 Å². The average molecular weight is 295 g/mol. The van der Waals surface area contributed by atoms with E-state index in [1.165, 1.54) is 16.2 Å². The maximum atomic E-state index is 12.3. The molecule has 2 heterocycles. The molecule has 2 aliphatic rings. The highest BCUT2D eigenvalue weighted by Crippen LogP contribution is 2.25. The number of aliphatic hydroxyl groups excluding tert-OH is 1. The maximum Gasteiger partial charge on any atom is 0.280 e. The first-order valence-corrected chi connectivity index (χ1v) is 8.11. The molecule has 2 N–H and O–H groups in total. The van der Waals surface area contributed by atoms with Gasteiger partial charge in [0.25, 0.3) is 5.91 Å². The van der Waals surface area contributed by atoms with Gasteiger partial charge in [-0.3, -0.25) is 4.79 Å². The molecule has 1 aliphatic carbocycles. The minimum atomic E-state index is -0.409. The molecular formula is C14H21N3O2S. The highest BCUT2D eigenvalue weighted by Gasteiger charge is 2.27. The number of thiazole rings is 1. The van der Waals surface area contributed by atoms with Crippen LogP contribution in [-0.2, 0) is 13.0 Å². The standard InChI is InChI=1S/C14H21N3O2S/c1-17-7-6-10-12(8-17)20-14(16-10)13(19)15-9-4-2-3-5-11(9)18/h9,11,18H,2-8H2,1H3,(H,15,19). The van der Waals surface area contributed by atoms with Crippen molar-refractivity contribution in [2.45, 2.75) is 50.8 Å². The predicted octanol–water partition coefficient (Wildman–Crippen LogP) is 1.16. The Labute approximate surface area is 123 Å². The molecular weight excluding hydrogens is 274 g/mol. The molecule has 1 saturated carbocycles. The molecule has 0 spiro atoms. The number of aliphatic hydroxyl groups is 1. The van der Waals surface area contributed by atoms with Gasteiger partial charge in [0.05, 0.1) is 17.8 Å². The summed E-state index contributed by atoms with van der Waals surface area (Å²) in [6, 6.07) is -0.111. The Hall–Kier alpha value is -0.980. The molecule has 20 heavy (non-hydrogen) atoms. The highest BCUT2D eigenvalue weighted by atomic mass is 32.1. The van der Waals surface area contributed by atoms with Crippen LogP contribution in [0.5, 0.6) is 0 Å². The fourth-order valence-corrected chi connectivity index (χ4v) is 4.02. The smallest absolute Gasteiger partial charge is 0.280 e. The second-order valence-electron chi connectivity index (χ2n) is 5.81. The van der Waals surface area contributed by atoms with Crippen LogP contribution in [0.1, 0.15) is 46.1 Å². The molecule has 110 valence electrons. The third kappa shape index (κ3) is 2.87. The van der Waals surface area contributed by atoms with Crippen molar-refractivity contribution in [1.29, 1.82) is 0 Å². The Morgan fingerprint density at radius 3 is 3.05 bits per heavy atom. The van der Waals surface area contributed by atoms with Crippen LogP contribution in [0.2, 0.25) is 0 Å². The molecule has 0 radical (unpaired) electrons. The zero-order valence-electron chi connectivity index (χ0n) is 11.8. The minimum absolute atomic E-state index is 0.111. The van der Waals surface area contributed by atoms with Crippen LogP contribution >= 0.6 is 11.3 Å². The summed E-state index contributed by atoms with van der Waals surface area (Å²) in [5.74, 6) is -0.127. The summed E-state index contributed by atoms with van der Waals surface area (Å²) >= 11 is 1.49. The number of nitrogens with one attached hydrogen (secondary N) is 1. The third-order valence-corrected chi connectivity index (χ3v) is 5.24. The van der Waals surface area contributed by atoms with Crippen LogP contribution in [0.3, 0.4) is 0 Å². The summed E-state index contributed by atoms with van der Waals surface area (Å²) in [6.07, 6.45) is 4.27. The van der Waals surface area contributed by atoms with Gasteiger partial charge in [0, 0.05) is 24.4 Å². The lowest BCUT2D eigenvalue weighted by Gasteiger charge is -2.27. The molecule has 1 aliphatic heterocycles. The van der Waals surface area contributed by atoms with Gasteiger partial charge in [-0.25, -0.2) is 4.98 Å². The Morgan fingerprint density at radius 2 is 2.25 bits per heavy atom. The largest absolute Gasteiger partial charge is 0.391 e. The van der Waals surface area contributed by atoms with Crippen molar-refractivity contribution in [3.63, 3.8) is 0 Å². The summed E-state index contributed by atoms with van der Waals surface area (Å²) in [6.45, 7) is 1.88. The van der Waals surface area contributed by atoms with Gasteiger partial charge in [-0.15, -0.1) is 11.3 Å². The molecule has 2 atom stereocenters. The molecule has 3 rings (SSSR count). The quantitative estimate of drug-likeness (QED) is 0.859. The van der Waals surface area contributed by atoms with Crippen LogP contribution in [0.15, 0.2) is 0 Å². The summed E-state index contributed by atoms with van der Waals surface area (Å²) in [5.41, 5.74) is 1.07. The average Bonchev–Trinajstić information content (AvgIpc) is 2.84. The van der Waals surface area contributed by atoms with E-state index < -0.39 is 6.10 Å². The van der Waals surface area contributed by atoms with Crippen molar-refractivity contribution in [1.82, 2.24) is 15.2 Å². The van der Waals surface area contributed by atoms with Gasteiger partial charge in [-0.1, -0.05) is 12.8 Å². The number of hydrogen-bond acceptors (Lipinski definition) is 5. The normalized spacial score (nSPS) is 27.1. The summed E-state index contributed by atoms with van der Waals surface area (Å²) in [5, 5.41) is 13.4. The number of nitrogens with zero attached hydrogens (tertiary/aromatic N) is 2. The first-order chi connectivity index (χ1) is 9.63. The fraction of sp³-hybridized carbons (Fsp3) is 0.714. The zero-order valence-corrected chi connectivity index (χ0v) is 12.6. The topological polar surface area (TPSA) is 65.5 Å². The third-order valence-electron chi connectivity index (χ3n) is 4.16. The number of rotatable bonds is 2. The fourth-order valence-electron chi connectivity index (χ4n) is 2.93. The summed E-state index contributed by atoms with van der Waals surface area (Å²) in [4.78, 5) is 20.2. The molecule has 1 aromatic heterocycles. The number of likely N-dealkylation sites (N-methyl/N-ethyl adjacent to an activating group) is 1. The molecule has 1 amide bonds. The molecule has 5 nitrogen and oxygen atoms in total. The van der Waals surface area contributed by atoms with E-state index in [-0.39, 0.29) is 11.9 Å². The number of fused-ring (bicyclic) bond motifs is 1. The Kier molecular flexibility index (Phi) is 4.05. The second-order valence-corrected chi connectivity index (χ2v) is 6.89. The summed E-state index contributed by atoms with van der Waals surface area (Å²) in [7, 11) is 2.08. The number of hydrogen-bond donors (Lipinski definition) is 2. The number of amides is 1. The van der Waals surface area contributed by atoms with Crippen molar-refractivity contribution >= 4 is 17.2 Å². The Balaban J connectivity index is 1.68. The first-order valence-electron chi connectivity index (χ1n) is 7.29. The van der Waals surface area contributed by atoms with Crippen LogP contribution in [0.25, 0.3) is 0 Å². The van der Waals surface area contributed by atoms with Crippen LogP contribution < -0.4 is 5.32 Å². The molecule has 0 saturated heterocycles. The van der Waals surface area contributed by atoms with Gasteiger partial charge in [-0.05, 0) is 19.9 Å². The van der Waals surface area contributed by atoms with Crippen molar-refractivity contribution in [2.75, 3.05) is 13.6 Å². The van der Waals surface area contributed by atoms with Crippen LogP contribution in [-0.4, -0.2) is 46.6 Å². The van der Waals surface area contributed by atoms with E-state index in [0.717, 1.165) is 50.9 Å². The molecule has 0 aromatic carbocycles. The minimum Gasteiger partial charge on any atom is -0.391 e. The van der Waals surface area contributed by atoms with Gasteiger partial charge in [0.2, 0.25) is 0 Å². The lowest BCUT2D eigenvalue weighted by molar-refractivity contribution is 0.0717. The number of aromatic nitrogens is 1. The van der Waals surface area contributed by atoms with Gasteiger partial charge in [-0.2, -0.15) is 0 Å². The molecule has 1 fully saturated rings. The Bertz CT molecular complexity index is 503. The van der Waals surface area contributed by atoms with E-state index >= 15 is 0 Å². The molecule has 0 bridgehead atoms. The van der Waals surface area contributed by atoms with Crippen molar-refractivity contribution < 1.29 is 9.90 Å². The van der Waals surface area contributed by atoms with E-state index in [4.69, 9.17) is 0 Å². The Morgan fingerprint density at radius 1 is 1.45 bits per heavy atom. The van der Waals surface area contributed by atoms with Gasteiger partial charge < -0.3 is 15.3 Å². The zero-order chi connectivity index (χ0) is 14.1. The summed E-state index contributed by atoms with van der Waals surface area (Å²) < 4.78 is 0. The van der Waals surface area contributed by atoms with E-state index in [1.807, 2.05) is 0 Å². The molecule has 6 heteroatoms. The van der Waals surface area contributed by atoms with Crippen molar-refractivity contribution in [3.05, 3.63) is 15.6 Å². The SMILES string of the molecule is CN1CCc2nc(C(=O)NC3CCCCC3O)sc2C1. The maximum absolute atomic E-state index is 12.3. The van der Waals surface area contributed by atoms with Gasteiger partial charge in [0.1, 0.15) is 0 Å². The van der Waals surface area contributed by atoms with Gasteiger partial charge in [0.15, 0.2) is 5.01 Å². The van der Waals surface area contributed by atoms with E-state index in [9.17, 15) is 9.90 Å². The van der Waals surface area contributed by atoms with Crippen molar-refractivity contribution in [2.24, 2.45) is 0 Å². The lowest BCUT2D eigenvalue weighted by Crippen LogP contribution is -2.45. The van der Waals surface area contributed by atoms with Crippen LogP contribution in [0, 0.1) is 0 Å². The number of carbonyl (C=O) groups excluding carboxylic acids is 1. The van der Waals surface area contributed by atoms with E-state index in [1.54, 1.807) is 0 Å². The second kappa shape index (κ2) is 5.79.